The van der Waals surface area contributed by atoms with Crippen LogP contribution in [0.2, 0.25) is 0 Å². The third-order valence-electron chi connectivity index (χ3n) is 4.50. The van der Waals surface area contributed by atoms with Gasteiger partial charge in [-0.25, -0.2) is 19.6 Å². The summed E-state index contributed by atoms with van der Waals surface area (Å²) in [6.45, 7) is 2.16. The van der Waals surface area contributed by atoms with E-state index in [1.807, 2.05) is 24.3 Å². The van der Waals surface area contributed by atoms with E-state index in [4.69, 9.17) is 10.1 Å². The van der Waals surface area contributed by atoms with Crippen molar-refractivity contribution in [2.24, 2.45) is 0 Å². The Hall–Kier alpha value is -2.32. The van der Waals surface area contributed by atoms with Crippen LogP contribution in [0, 0.1) is 0 Å². The molecule has 0 spiro atoms. The maximum absolute atomic E-state index is 4.81. The average molecular weight is 367 g/mol. The lowest BCUT2D eigenvalue weighted by atomic mass is 10.1. The second-order valence-corrected chi connectivity index (χ2v) is 7.31. The summed E-state index contributed by atoms with van der Waals surface area (Å²) in [5, 5.41) is 5.57. The Morgan fingerprint density at radius 3 is 2.54 bits per heavy atom. The Morgan fingerprint density at radius 2 is 1.81 bits per heavy atom. The van der Waals surface area contributed by atoms with Gasteiger partial charge in [-0.3, -0.25) is 4.98 Å². The lowest BCUT2D eigenvalue weighted by Crippen LogP contribution is -2.32. The molecule has 0 atom stereocenters. The van der Waals surface area contributed by atoms with E-state index in [9.17, 15) is 0 Å². The minimum atomic E-state index is 0.378. The molecule has 4 heterocycles. The molecule has 0 unspecified atom stereocenters. The molecule has 0 aromatic carbocycles. The van der Waals surface area contributed by atoms with Crippen molar-refractivity contribution in [3.8, 4) is 11.5 Å². The second kappa shape index (κ2) is 7.92. The highest BCUT2D eigenvalue weighted by Gasteiger charge is 2.23. The molecule has 1 aliphatic heterocycles. The fraction of sp³-hybridized carbons (Fsp3) is 0.389. The van der Waals surface area contributed by atoms with Gasteiger partial charge in [0.2, 0.25) is 0 Å². The van der Waals surface area contributed by atoms with E-state index in [1.54, 1.807) is 30.4 Å². The summed E-state index contributed by atoms with van der Waals surface area (Å²) in [6, 6.07) is 8.02. The third kappa shape index (κ3) is 3.91. The minimum Gasteiger partial charge on any atom is -0.306 e. The highest BCUT2D eigenvalue weighted by atomic mass is 32.2. The Labute approximate surface area is 156 Å². The predicted molar refractivity (Wildman–Crippen MR) is 101 cm³/mol. The van der Waals surface area contributed by atoms with Crippen LogP contribution in [-0.2, 0) is 5.75 Å². The van der Waals surface area contributed by atoms with Gasteiger partial charge in [0.05, 0.1) is 11.8 Å². The summed E-state index contributed by atoms with van der Waals surface area (Å²) >= 11 is 1.58. The van der Waals surface area contributed by atoms with Gasteiger partial charge >= 0.3 is 0 Å². The first-order valence-electron chi connectivity index (χ1n) is 8.75. The van der Waals surface area contributed by atoms with Crippen molar-refractivity contribution in [1.82, 2.24) is 34.6 Å². The summed E-state index contributed by atoms with van der Waals surface area (Å²) in [5.74, 6) is 2.34. The molecule has 26 heavy (non-hydrogen) atoms. The molecule has 0 aliphatic carbocycles. The van der Waals surface area contributed by atoms with Crippen molar-refractivity contribution < 1.29 is 0 Å². The van der Waals surface area contributed by atoms with Crippen molar-refractivity contribution in [3.05, 3.63) is 48.7 Å². The molecule has 0 bridgehead atoms. The minimum absolute atomic E-state index is 0.378. The molecular weight excluding hydrogens is 346 g/mol. The van der Waals surface area contributed by atoms with Gasteiger partial charge in [0.1, 0.15) is 11.5 Å². The smallest absolute Gasteiger partial charge is 0.200 e. The summed E-state index contributed by atoms with van der Waals surface area (Å²) in [5.41, 5.74) is 0.807. The quantitative estimate of drug-likeness (QED) is 0.507. The highest BCUT2D eigenvalue weighted by Crippen LogP contribution is 2.27. The fourth-order valence-electron chi connectivity index (χ4n) is 3.08. The second-order valence-electron chi connectivity index (χ2n) is 6.37. The molecule has 8 heteroatoms. The number of pyridine rings is 1. The van der Waals surface area contributed by atoms with Crippen LogP contribution in [0.5, 0.6) is 0 Å². The lowest BCUT2D eigenvalue weighted by Gasteiger charge is -2.29. The van der Waals surface area contributed by atoms with Gasteiger partial charge in [-0.05, 0) is 51.2 Å². The standard InChI is InChI=1S/C18H21N7S/c1-24-11-6-14(7-12-24)25-16(13-26-18-20-9-4-10-21-18)22-17(23-25)15-5-2-3-8-19-15/h2-5,8-10,14H,6-7,11-13H2,1H3. The largest absolute Gasteiger partial charge is 0.306 e. The SMILES string of the molecule is CN1CCC(n2nc(-c3ccccn3)nc2CSc2ncccn2)CC1. The molecule has 7 nitrogen and oxygen atoms in total. The number of rotatable bonds is 5. The predicted octanol–water partition coefficient (Wildman–Crippen LogP) is 2.69. The molecule has 1 saturated heterocycles. The summed E-state index contributed by atoms with van der Waals surface area (Å²) in [4.78, 5) is 20.1. The van der Waals surface area contributed by atoms with E-state index < -0.39 is 0 Å². The Bertz CT molecular complexity index is 829. The van der Waals surface area contributed by atoms with E-state index in [2.05, 4.69) is 31.6 Å². The molecule has 0 radical (unpaired) electrons. The van der Waals surface area contributed by atoms with Crippen molar-refractivity contribution in [2.75, 3.05) is 20.1 Å². The van der Waals surface area contributed by atoms with Gasteiger partial charge in [0.25, 0.3) is 0 Å². The van der Waals surface area contributed by atoms with E-state index in [0.717, 1.165) is 42.6 Å². The lowest BCUT2D eigenvalue weighted by molar-refractivity contribution is 0.210. The van der Waals surface area contributed by atoms with Gasteiger partial charge in [0.15, 0.2) is 11.0 Å². The molecule has 4 rings (SSSR count). The number of hydrogen-bond acceptors (Lipinski definition) is 7. The zero-order chi connectivity index (χ0) is 17.8. The first-order valence-corrected chi connectivity index (χ1v) is 9.73. The first-order chi connectivity index (χ1) is 12.8. The topological polar surface area (TPSA) is 72.6 Å². The van der Waals surface area contributed by atoms with Crippen LogP contribution in [0.25, 0.3) is 11.5 Å². The van der Waals surface area contributed by atoms with Gasteiger partial charge in [-0.2, -0.15) is 0 Å². The number of likely N-dealkylation sites (tertiary alicyclic amines) is 1. The Balaban J connectivity index is 1.60. The van der Waals surface area contributed by atoms with Gasteiger partial charge in [-0.1, -0.05) is 17.8 Å². The molecule has 1 aliphatic rings. The van der Waals surface area contributed by atoms with Crippen LogP contribution in [0.3, 0.4) is 0 Å². The van der Waals surface area contributed by atoms with E-state index >= 15 is 0 Å². The normalized spacial score (nSPS) is 16.0. The summed E-state index contributed by atoms with van der Waals surface area (Å²) in [6.07, 6.45) is 7.46. The zero-order valence-corrected chi connectivity index (χ0v) is 15.5. The van der Waals surface area contributed by atoms with Crippen LogP contribution >= 0.6 is 11.8 Å². The number of aromatic nitrogens is 6. The zero-order valence-electron chi connectivity index (χ0n) is 14.7. The molecule has 3 aromatic rings. The molecular formula is C18H21N7S. The maximum Gasteiger partial charge on any atom is 0.200 e. The van der Waals surface area contributed by atoms with Crippen molar-refractivity contribution >= 4 is 11.8 Å². The van der Waals surface area contributed by atoms with Crippen LogP contribution in [0.4, 0.5) is 0 Å². The summed E-state index contributed by atoms with van der Waals surface area (Å²) in [7, 11) is 2.17. The molecule has 134 valence electrons. The maximum atomic E-state index is 4.81. The third-order valence-corrected chi connectivity index (χ3v) is 5.37. The number of hydrogen-bond donors (Lipinski definition) is 0. The van der Waals surface area contributed by atoms with Crippen LogP contribution in [0.1, 0.15) is 24.7 Å². The van der Waals surface area contributed by atoms with E-state index in [1.165, 1.54) is 0 Å². The average Bonchev–Trinajstić information content (AvgIpc) is 3.13. The molecule has 0 amide bonds. The monoisotopic (exact) mass is 367 g/mol. The molecule has 0 N–H and O–H groups in total. The number of nitrogens with zero attached hydrogens (tertiary/aromatic N) is 7. The van der Waals surface area contributed by atoms with Gasteiger partial charge < -0.3 is 4.90 Å². The number of piperidine rings is 1. The Kier molecular flexibility index (Phi) is 5.21. The molecule has 3 aromatic heterocycles. The van der Waals surface area contributed by atoms with Crippen molar-refractivity contribution in [2.45, 2.75) is 29.8 Å². The van der Waals surface area contributed by atoms with Crippen molar-refractivity contribution in [1.29, 1.82) is 0 Å². The van der Waals surface area contributed by atoms with Gasteiger partial charge in [-0.15, -0.1) is 5.10 Å². The van der Waals surface area contributed by atoms with Crippen LogP contribution in [-0.4, -0.2) is 54.8 Å². The molecule has 1 fully saturated rings. The number of thioether (sulfide) groups is 1. The summed E-state index contributed by atoms with van der Waals surface area (Å²) < 4.78 is 2.10. The fourth-order valence-corrected chi connectivity index (χ4v) is 3.80. The van der Waals surface area contributed by atoms with E-state index in [-0.39, 0.29) is 0 Å². The Morgan fingerprint density at radius 1 is 1.04 bits per heavy atom. The van der Waals surface area contributed by atoms with E-state index in [0.29, 0.717) is 17.6 Å². The highest BCUT2D eigenvalue weighted by molar-refractivity contribution is 7.98. The van der Waals surface area contributed by atoms with Gasteiger partial charge in [0, 0.05) is 18.6 Å². The molecule has 0 saturated carbocycles. The van der Waals surface area contributed by atoms with Crippen LogP contribution < -0.4 is 0 Å². The van der Waals surface area contributed by atoms with Crippen molar-refractivity contribution in [3.63, 3.8) is 0 Å². The first kappa shape index (κ1) is 17.1. The van der Waals surface area contributed by atoms with Crippen LogP contribution in [0.15, 0.2) is 48.0 Å².